The Kier molecular flexibility index (Phi) is 5.48. The van der Waals surface area contributed by atoms with Gasteiger partial charge < -0.3 is 18.3 Å². The number of esters is 1. The summed E-state index contributed by atoms with van der Waals surface area (Å²) >= 11 is 0. The van der Waals surface area contributed by atoms with Crippen LogP contribution in [0.15, 0.2) is 33.1 Å². The van der Waals surface area contributed by atoms with Crippen LogP contribution in [0.5, 0.6) is 0 Å². The van der Waals surface area contributed by atoms with E-state index in [0.29, 0.717) is 12.4 Å². The summed E-state index contributed by atoms with van der Waals surface area (Å²) < 4.78 is 20.4. The summed E-state index contributed by atoms with van der Waals surface area (Å²) in [7, 11) is 0. The molecule has 0 aliphatic carbocycles. The number of hydrogen-bond acceptors (Lipinski definition) is 7. The van der Waals surface area contributed by atoms with Crippen LogP contribution in [0.2, 0.25) is 0 Å². The van der Waals surface area contributed by atoms with Crippen molar-refractivity contribution >= 4 is 17.5 Å². The standard InChI is InChI=1S/C16H16O7/c1-3-20-8-11-4-6-13(22-11)15(18)16(19)14-7-5-12(23-14)9-21-10(2)17/h4-7H,3,8-9H2,1-2H3. The van der Waals surface area contributed by atoms with Gasteiger partial charge in [0.15, 0.2) is 11.5 Å². The Morgan fingerprint density at radius 2 is 1.43 bits per heavy atom. The van der Waals surface area contributed by atoms with Crippen LogP contribution in [-0.2, 0) is 27.5 Å². The fourth-order valence-electron chi connectivity index (χ4n) is 1.75. The van der Waals surface area contributed by atoms with Gasteiger partial charge in [0.2, 0.25) is 0 Å². The lowest BCUT2D eigenvalue weighted by atomic mass is 10.2. The Bertz CT molecular complexity index is 708. The Balaban J connectivity index is 2.03. The van der Waals surface area contributed by atoms with Gasteiger partial charge in [-0.25, -0.2) is 0 Å². The van der Waals surface area contributed by atoms with E-state index in [0.717, 1.165) is 0 Å². The van der Waals surface area contributed by atoms with Gasteiger partial charge in [0.05, 0.1) is 0 Å². The van der Waals surface area contributed by atoms with Crippen LogP contribution in [0.4, 0.5) is 0 Å². The summed E-state index contributed by atoms with van der Waals surface area (Å²) in [5.74, 6) is -1.62. The third-order valence-electron chi connectivity index (χ3n) is 2.84. The molecule has 0 saturated carbocycles. The highest BCUT2D eigenvalue weighted by Gasteiger charge is 2.24. The minimum absolute atomic E-state index is 0.0809. The minimum atomic E-state index is -0.837. The summed E-state index contributed by atoms with van der Waals surface area (Å²) in [4.78, 5) is 34.9. The molecule has 7 heteroatoms. The van der Waals surface area contributed by atoms with Crippen LogP contribution >= 0.6 is 0 Å². The quantitative estimate of drug-likeness (QED) is 0.419. The van der Waals surface area contributed by atoms with Gasteiger partial charge in [0.1, 0.15) is 24.7 Å². The van der Waals surface area contributed by atoms with Crippen LogP contribution in [0.25, 0.3) is 0 Å². The molecule has 0 amide bonds. The smallest absolute Gasteiger partial charge is 0.303 e. The SMILES string of the molecule is CCOCc1ccc(C(=O)C(=O)c2ccc(COC(C)=O)o2)o1. The Labute approximate surface area is 132 Å². The minimum Gasteiger partial charge on any atom is -0.458 e. The zero-order valence-corrected chi connectivity index (χ0v) is 12.8. The lowest BCUT2D eigenvalue weighted by Crippen LogP contribution is -2.13. The number of carbonyl (C=O) groups is 3. The molecule has 0 aliphatic rings. The van der Waals surface area contributed by atoms with Gasteiger partial charge in [0.25, 0.3) is 11.6 Å². The van der Waals surface area contributed by atoms with Crippen molar-refractivity contribution in [3.63, 3.8) is 0 Å². The first-order valence-corrected chi connectivity index (χ1v) is 6.98. The van der Waals surface area contributed by atoms with E-state index in [4.69, 9.17) is 18.3 Å². The average molecular weight is 320 g/mol. The molecule has 0 unspecified atom stereocenters. The molecule has 0 atom stereocenters. The van der Waals surface area contributed by atoms with Crippen molar-refractivity contribution in [1.29, 1.82) is 0 Å². The molecule has 2 rings (SSSR count). The zero-order chi connectivity index (χ0) is 16.8. The van der Waals surface area contributed by atoms with E-state index in [2.05, 4.69) is 0 Å². The molecule has 0 radical (unpaired) electrons. The highest BCUT2D eigenvalue weighted by molar-refractivity contribution is 6.47. The van der Waals surface area contributed by atoms with E-state index in [1.165, 1.54) is 25.1 Å². The van der Waals surface area contributed by atoms with Crippen molar-refractivity contribution in [2.24, 2.45) is 0 Å². The first-order chi connectivity index (χ1) is 11.0. The maximum Gasteiger partial charge on any atom is 0.303 e. The molecule has 2 aromatic heterocycles. The normalized spacial score (nSPS) is 10.5. The monoisotopic (exact) mass is 320 g/mol. The van der Waals surface area contributed by atoms with Gasteiger partial charge in [0, 0.05) is 13.5 Å². The molecule has 0 fully saturated rings. The third kappa shape index (κ3) is 4.40. The summed E-state index contributed by atoms with van der Waals surface area (Å²) in [5, 5.41) is 0. The van der Waals surface area contributed by atoms with E-state index >= 15 is 0 Å². The Morgan fingerprint density at radius 1 is 0.913 bits per heavy atom. The topological polar surface area (TPSA) is 96.0 Å². The first kappa shape index (κ1) is 16.7. The second-order valence-electron chi connectivity index (χ2n) is 4.61. The van der Waals surface area contributed by atoms with E-state index in [1.807, 2.05) is 6.92 Å². The van der Waals surface area contributed by atoms with Crippen molar-refractivity contribution in [3.8, 4) is 0 Å². The maximum atomic E-state index is 12.1. The molecule has 0 spiro atoms. The highest BCUT2D eigenvalue weighted by atomic mass is 16.5. The van der Waals surface area contributed by atoms with Crippen LogP contribution in [-0.4, -0.2) is 24.1 Å². The second-order valence-corrected chi connectivity index (χ2v) is 4.61. The van der Waals surface area contributed by atoms with Crippen molar-refractivity contribution in [2.45, 2.75) is 27.1 Å². The van der Waals surface area contributed by atoms with Gasteiger partial charge >= 0.3 is 5.97 Å². The fraction of sp³-hybridized carbons (Fsp3) is 0.312. The lowest BCUT2D eigenvalue weighted by molar-refractivity contribution is -0.142. The number of ketones is 2. The molecule has 0 aliphatic heterocycles. The molecule has 2 heterocycles. The van der Waals surface area contributed by atoms with Crippen molar-refractivity contribution in [1.82, 2.24) is 0 Å². The maximum absolute atomic E-state index is 12.1. The fourth-order valence-corrected chi connectivity index (χ4v) is 1.75. The van der Waals surface area contributed by atoms with Gasteiger partial charge in [-0.3, -0.25) is 14.4 Å². The average Bonchev–Trinajstić information content (AvgIpc) is 3.18. The zero-order valence-electron chi connectivity index (χ0n) is 12.8. The van der Waals surface area contributed by atoms with E-state index in [1.54, 1.807) is 6.07 Å². The van der Waals surface area contributed by atoms with Crippen LogP contribution < -0.4 is 0 Å². The molecule has 0 N–H and O–H groups in total. The van der Waals surface area contributed by atoms with E-state index in [-0.39, 0.29) is 30.5 Å². The Hall–Kier alpha value is -2.67. The molecule has 7 nitrogen and oxygen atoms in total. The molecule has 23 heavy (non-hydrogen) atoms. The lowest BCUT2D eigenvalue weighted by Gasteiger charge is -1.98. The molecule has 0 bridgehead atoms. The molecular weight excluding hydrogens is 304 g/mol. The molecular formula is C16H16O7. The van der Waals surface area contributed by atoms with Crippen LogP contribution in [0, 0.1) is 0 Å². The van der Waals surface area contributed by atoms with Gasteiger partial charge in [-0.1, -0.05) is 0 Å². The third-order valence-corrected chi connectivity index (χ3v) is 2.84. The predicted octanol–water partition coefficient (Wildman–Crippen LogP) is 2.54. The Morgan fingerprint density at radius 3 is 1.91 bits per heavy atom. The summed E-state index contributed by atoms with van der Waals surface area (Å²) in [5.41, 5.74) is 0. The predicted molar refractivity (Wildman–Crippen MR) is 76.9 cm³/mol. The van der Waals surface area contributed by atoms with Crippen molar-refractivity contribution in [2.75, 3.05) is 6.61 Å². The van der Waals surface area contributed by atoms with Crippen molar-refractivity contribution in [3.05, 3.63) is 47.3 Å². The summed E-state index contributed by atoms with van der Waals surface area (Å²) in [6.07, 6.45) is 0. The number of rotatable bonds is 8. The number of carbonyl (C=O) groups excluding carboxylic acids is 3. The first-order valence-electron chi connectivity index (χ1n) is 6.98. The van der Waals surface area contributed by atoms with Gasteiger partial charge in [-0.2, -0.15) is 0 Å². The number of Topliss-reactive ketones (excluding diaryl/α,β-unsaturated/α-hetero) is 2. The molecule has 2 aromatic rings. The van der Waals surface area contributed by atoms with Gasteiger partial charge in [-0.05, 0) is 31.2 Å². The van der Waals surface area contributed by atoms with E-state index in [9.17, 15) is 14.4 Å². The van der Waals surface area contributed by atoms with E-state index < -0.39 is 17.5 Å². The summed E-state index contributed by atoms with van der Waals surface area (Å²) in [6, 6.07) is 5.80. The number of furan rings is 2. The van der Waals surface area contributed by atoms with Crippen LogP contribution in [0.1, 0.15) is 46.5 Å². The highest BCUT2D eigenvalue weighted by Crippen LogP contribution is 2.15. The molecule has 0 aromatic carbocycles. The largest absolute Gasteiger partial charge is 0.458 e. The molecule has 0 saturated heterocycles. The molecule has 122 valence electrons. The van der Waals surface area contributed by atoms with Crippen LogP contribution in [0.3, 0.4) is 0 Å². The van der Waals surface area contributed by atoms with Gasteiger partial charge in [-0.15, -0.1) is 0 Å². The number of ether oxygens (including phenoxy) is 2. The summed E-state index contributed by atoms with van der Waals surface area (Å²) in [6.45, 7) is 3.74. The second kappa shape index (κ2) is 7.55. The van der Waals surface area contributed by atoms with Crippen molar-refractivity contribution < 1.29 is 32.7 Å². The number of hydrogen-bond donors (Lipinski definition) is 0.